The fourth-order valence-electron chi connectivity index (χ4n) is 4.02. The lowest BCUT2D eigenvalue weighted by molar-refractivity contribution is -0.0449. The standard InChI is InChI=1S/C23H29N5O4/c1-23(2,32-18-7-3-16(14-24)4-8-18)19(29)15-26-9-11-27(12-10-26)21-13-20(30)25-22(31)28(21)17-5-6-17/h3-4,7-8,13,17,19,29H,5-6,9-12,15H2,1-2H3,(H,25,30,31). The maximum absolute atomic E-state index is 12.3. The zero-order chi connectivity index (χ0) is 22.9. The average molecular weight is 440 g/mol. The van der Waals surface area contributed by atoms with Gasteiger partial charge < -0.3 is 14.7 Å². The van der Waals surface area contributed by atoms with Crippen molar-refractivity contribution in [3.63, 3.8) is 0 Å². The molecule has 0 spiro atoms. The summed E-state index contributed by atoms with van der Waals surface area (Å²) in [6, 6.07) is 10.6. The van der Waals surface area contributed by atoms with Gasteiger partial charge in [0.15, 0.2) is 0 Å². The Morgan fingerprint density at radius 1 is 1.19 bits per heavy atom. The summed E-state index contributed by atoms with van der Waals surface area (Å²) in [6.07, 6.45) is 1.19. The molecular weight excluding hydrogens is 410 g/mol. The molecule has 0 amide bonds. The van der Waals surface area contributed by atoms with Gasteiger partial charge in [-0.1, -0.05) is 0 Å². The molecule has 1 aromatic carbocycles. The second kappa shape index (κ2) is 8.81. The molecule has 1 unspecified atom stereocenters. The van der Waals surface area contributed by atoms with Gasteiger partial charge in [0.1, 0.15) is 23.3 Å². The molecule has 1 saturated carbocycles. The molecule has 2 aromatic rings. The lowest BCUT2D eigenvalue weighted by Crippen LogP contribution is -2.54. The molecule has 1 atom stereocenters. The summed E-state index contributed by atoms with van der Waals surface area (Å²) < 4.78 is 7.71. The molecule has 1 aromatic heterocycles. The SMILES string of the molecule is CC(C)(Oc1ccc(C#N)cc1)C(O)CN1CCN(c2cc(=O)[nH]c(=O)n2C2CC2)CC1. The lowest BCUT2D eigenvalue weighted by Gasteiger charge is -2.40. The van der Waals surface area contributed by atoms with Crippen molar-refractivity contribution < 1.29 is 9.84 Å². The Balaban J connectivity index is 1.36. The number of aliphatic hydroxyl groups excluding tert-OH is 1. The third kappa shape index (κ3) is 4.87. The molecular formula is C23H29N5O4. The summed E-state index contributed by atoms with van der Waals surface area (Å²) in [5.74, 6) is 1.29. The van der Waals surface area contributed by atoms with Crippen LogP contribution in [0.5, 0.6) is 5.75 Å². The number of benzene rings is 1. The number of aromatic amines is 1. The van der Waals surface area contributed by atoms with Crippen LogP contribution in [0.25, 0.3) is 0 Å². The molecule has 0 bridgehead atoms. The van der Waals surface area contributed by atoms with Crippen molar-refractivity contribution in [3.8, 4) is 11.8 Å². The Morgan fingerprint density at radius 2 is 1.84 bits per heavy atom. The summed E-state index contributed by atoms with van der Waals surface area (Å²) in [5, 5.41) is 19.8. The summed E-state index contributed by atoms with van der Waals surface area (Å²) in [6.45, 7) is 6.87. The molecule has 1 aliphatic heterocycles. The summed E-state index contributed by atoms with van der Waals surface area (Å²) in [4.78, 5) is 30.8. The van der Waals surface area contributed by atoms with Crippen LogP contribution >= 0.6 is 0 Å². The van der Waals surface area contributed by atoms with E-state index >= 15 is 0 Å². The van der Waals surface area contributed by atoms with Crippen molar-refractivity contribution in [2.75, 3.05) is 37.6 Å². The van der Waals surface area contributed by atoms with E-state index in [9.17, 15) is 14.7 Å². The zero-order valence-corrected chi connectivity index (χ0v) is 18.5. The van der Waals surface area contributed by atoms with E-state index in [1.165, 1.54) is 6.07 Å². The van der Waals surface area contributed by atoms with Gasteiger partial charge in [0.2, 0.25) is 0 Å². The smallest absolute Gasteiger partial charge is 0.330 e. The first-order valence-corrected chi connectivity index (χ1v) is 11.0. The maximum atomic E-state index is 12.3. The van der Waals surface area contributed by atoms with Gasteiger partial charge in [0.25, 0.3) is 5.56 Å². The van der Waals surface area contributed by atoms with Crippen LogP contribution in [0.15, 0.2) is 39.9 Å². The molecule has 2 fully saturated rings. The van der Waals surface area contributed by atoms with Crippen LogP contribution in [0, 0.1) is 11.3 Å². The molecule has 2 heterocycles. The van der Waals surface area contributed by atoms with E-state index in [1.807, 2.05) is 13.8 Å². The van der Waals surface area contributed by atoms with E-state index in [1.54, 1.807) is 28.8 Å². The first-order valence-electron chi connectivity index (χ1n) is 11.0. The minimum Gasteiger partial charge on any atom is -0.485 e. The number of β-amino-alcohol motifs (C(OH)–C–C–N with tert-alkyl or cyclic N) is 1. The van der Waals surface area contributed by atoms with E-state index in [4.69, 9.17) is 10.00 Å². The van der Waals surface area contributed by atoms with E-state index in [2.05, 4.69) is 20.9 Å². The number of anilines is 1. The molecule has 2 aliphatic rings. The minimum absolute atomic E-state index is 0.175. The highest BCUT2D eigenvalue weighted by Crippen LogP contribution is 2.36. The number of aromatic nitrogens is 2. The van der Waals surface area contributed by atoms with Crippen molar-refractivity contribution in [2.45, 2.75) is 44.4 Å². The van der Waals surface area contributed by atoms with Gasteiger partial charge in [-0.15, -0.1) is 0 Å². The van der Waals surface area contributed by atoms with E-state index < -0.39 is 11.7 Å². The Labute approximate surface area is 186 Å². The van der Waals surface area contributed by atoms with Crippen LogP contribution in [0.3, 0.4) is 0 Å². The molecule has 32 heavy (non-hydrogen) atoms. The lowest BCUT2D eigenvalue weighted by atomic mass is 10.0. The third-order valence-corrected chi connectivity index (χ3v) is 6.16. The van der Waals surface area contributed by atoms with Crippen molar-refractivity contribution >= 4 is 5.82 Å². The predicted octanol–water partition coefficient (Wildman–Crippen LogP) is 1.08. The Morgan fingerprint density at radius 3 is 2.44 bits per heavy atom. The number of hydrogen-bond acceptors (Lipinski definition) is 7. The van der Waals surface area contributed by atoms with Crippen LogP contribution < -0.4 is 20.9 Å². The molecule has 1 aliphatic carbocycles. The molecule has 4 rings (SSSR count). The molecule has 9 nitrogen and oxygen atoms in total. The van der Waals surface area contributed by atoms with Gasteiger partial charge >= 0.3 is 5.69 Å². The van der Waals surface area contributed by atoms with Gasteiger partial charge in [-0.25, -0.2) is 4.79 Å². The Bertz CT molecular complexity index is 1100. The maximum Gasteiger partial charge on any atom is 0.330 e. The monoisotopic (exact) mass is 439 g/mol. The number of ether oxygens (including phenoxy) is 1. The number of H-pyrrole nitrogens is 1. The largest absolute Gasteiger partial charge is 0.485 e. The molecule has 0 radical (unpaired) electrons. The number of nitriles is 1. The predicted molar refractivity (Wildman–Crippen MR) is 120 cm³/mol. The highest BCUT2D eigenvalue weighted by molar-refractivity contribution is 5.40. The Kier molecular flexibility index (Phi) is 6.09. The second-order valence-corrected chi connectivity index (χ2v) is 9.04. The molecule has 2 N–H and O–H groups in total. The fourth-order valence-corrected chi connectivity index (χ4v) is 4.02. The van der Waals surface area contributed by atoms with E-state index in [-0.39, 0.29) is 17.3 Å². The van der Waals surface area contributed by atoms with Crippen LogP contribution in [0.1, 0.15) is 38.3 Å². The third-order valence-electron chi connectivity index (χ3n) is 6.16. The van der Waals surface area contributed by atoms with E-state index in [0.717, 1.165) is 12.8 Å². The number of rotatable bonds is 7. The number of nitrogens with one attached hydrogen (secondary N) is 1. The number of aliphatic hydroxyl groups is 1. The normalized spacial score (nSPS) is 18.2. The van der Waals surface area contributed by atoms with Crippen molar-refractivity contribution in [1.82, 2.24) is 14.5 Å². The highest BCUT2D eigenvalue weighted by Gasteiger charge is 2.34. The number of hydrogen-bond donors (Lipinski definition) is 2. The summed E-state index contributed by atoms with van der Waals surface area (Å²) in [5.41, 5.74) is -0.970. The number of piperazine rings is 1. The second-order valence-electron chi connectivity index (χ2n) is 9.04. The fraction of sp³-hybridized carbons (Fsp3) is 0.522. The van der Waals surface area contributed by atoms with Gasteiger partial charge in [0, 0.05) is 44.8 Å². The first kappa shape index (κ1) is 22.1. The summed E-state index contributed by atoms with van der Waals surface area (Å²) >= 11 is 0. The van der Waals surface area contributed by atoms with Crippen LogP contribution in [-0.2, 0) is 0 Å². The van der Waals surface area contributed by atoms with Gasteiger partial charge in [0.05, 0.1) is 11.6 Å². The Hall–Kier alpha value is -3.09. The van der Waals surface area contributed by atoms with Gasteiger partial charge in [-0.3, -0.25) is 19.2 Å². The molecule has 9 heteroatoms. The van der Waals surface area contributed by atoms with Crippen molar-refractivity contribution in [2.24, 2.45) is 0 Å². The quantitative estimate of drug-likeness (QED) is 0.664. The zero-order valence-electron chi connectivity index (χ0n) is 18.5. The van der Waals surface area contributed by atoms with E-state index in [0.29, 0.717) is 49.9 Å². The minimum atomic E-state index is -0.815. The molecule has 170 valence electrons. The summed E-state index contributed by atoms with van der Waals surface area (Å²) in [7, 11) is 0. The van der Waals surface area contributed by atoms with Gasteiger partial charge in [-0.2, -0.15) is 5.26 Å². The first-order chi connectivity index (χ1) is 15.3. The topological polar surface area (TPSA) is 115 Å². The van der Waals surface area contributed by atoms with Crippen LogP contribution in [0.2, 0.25) is 0 Å². The van der Waals surface area contributed by atoms with Crippen LogP contribution in [-0.4, -0.2) is 64.0 Å². The van der Waals surface area contributed by atoms with Crippen molar-refractivity contribution in [3.05, 3.63) is 56.7 Å². The molecule has 1 saturated heterocycles. The van der Waals surface area contributed by atoms with Gasteiger partial charge in [-0.05, 0) is 51.0 Å². The highest BCUT2D eigenvalue weighted by atomic mass is 16.5. The van der Waals surface area contributed by atoms with Crippen LogP contribution in [0.4, 0.5) is 5.82 Å². The number of nitrogens with zero attached hydrogens (tertiary/aromatic N) is 4. The van der Waals surface area contributed by atoms with Crippen molar-refractivity contribution in [1.29, 1.82) is 5.26 Å². The average Bonchev–Trinajstić information content (AvgIpc) is 3.59.